The molecule has 0 amide bonds. The molecule has 1 heterocycles. The van der Waals surface area contributed by atoms with Gasteiger partial charge < -0.3 is 20.3 Å². The highest BCUT2D eigenvalue weighted by atomic mass is 16.5. The van der Waals surface area contributed by atoms with E-state index in [0.717, 1.165) is 32.6 Å². The minimum absolute atomic E-state index is 0.118. The molecule has 1 saturated carbocycles. The second-order valence-electron chi connectivity index (χ2n) is 5.75. The van der Waals surface area contributed by atoms with E-state index in [9.17, 15) is 0 Å². The van der Waals surface area contributed by atoms with Crippen LogP contribution in [0.15, 0.2) is 4.99 Å². The van der Waals surface area contributed by atoms with Gasteiger partial charge in [0.15, 0.2) is 5.96 Å². The molecule has 0 aromatic carbocycles. The zero-order valence-corrected chi connectivity index (χ0v) is 11.9. The number of hydrogen-bond acceptors (Lipinski definition) is 3. The van der Waals surface area contributed by atoms with Crippen molar-refractivity contribution in [1.29, 1.82) is 0 Å². The van der Waals surface area contributed by atoms with E-state index in [1.807, 2.05) is 7.05 Å². The van der Waals surface area contributed by atoms with E-state index in [1.165, 1.54) is 12.8 Å². The number of likely N-dealkylation sites (N-methyl/N-ethyl adjacent to an activating group) is 1. The summed E-state index contributed by atoms with van der Waals surface area (Å²) >= 11 is 0. The monoisotopic (exact) mass is 254 g/mol. The van der Waals surface area contributed by atoms with Crippen LogP contribution in [0.4, 0.5) is 0 Å². The largest absolute Gasteiger partial charge is 0.381 e. The molecule has 18 heavy (non-hydrogen) atoms. The first-order chi connectivity index (χ1) is 8.55. The first-order valence-corrected chi connectivity index (χ1v) is 6.83. The van der Waals surface area contributed by atoms with Gasteiger partial charge in [-0.15, -0.1) is 0 Å². The van der Waals surface area contributed by atoms with E-state index in [4.69, 9.17) is 10.5 Å². The molecule has 2 N–H and O–H groups in total. The number of ether oxygens (including phenoxy) is 1. The molecule has 2 aliphatic rings. The third-order valence-electron chi connectivity index (χ3n) is 4.36. The van der Waals surface area contributed by atoms with Crippen molar-refractivity contribution >= 4 is 5.96 Å². The smallest absolute Gasteiger partial charge is 0.191 e. The number of hydrogen-bond donors (Lipinski definition) is 1. The minimum atomic E-state index is 0.118. The van der Waals surface area contributed by atoms with Crippen molar-refractivity contribution in [2.75, 3.05) is 40.9 Å². The molecule has 1 aliphatic heterocycles. The molecule has 0 aromatic rings. The van der Waals surface area contributed by atoms with Crippen LogP contribution in [0.1, 0.15) is 25.7 Å². The predicted molar refractivity (Wildman–Crippen MR) is 73.7 cm³/mol. The average Bonchev–Trinajstić information content (AvgIpc) is 3.20. The third-order valence-corrected chi connectivity index (χ3v) is 4.36. The second kappa shape index (κ2) is 5.45. The SMILES string of the molecule is CN(C(N)=NCC1(N(C)C)CCOCC1)C1CC1. The molecule has 2 fully saturated rings. The van der Waals surface area contributed by atoms with Gasteiger partial charge in [0, 0.05) is 31.8 Å². The van der Waals surface area contributed by atoms with Crippen molar-refractivity contribution in [2.45, 2.75) is 37.3 Å². The lowest BCUT2D eigenvalue weighted by Gasteiger charge is -2.41. The van der Waals surface area contributed by atoms with Crippen LogP contribution >= 0.6 is 0 Å². The summed E-state index contributed by atoms with van der Waals surface area (Å²) in [7, 11) is 6.30. The maximum absolute atomic E-state index is 6.06. The van der Waals surface area contributed by atoms with Gasteiger partial charge in [0.2, 0.25) is 0 Å². The molecule has 0 spiro atoms. The molecular weight excluding hydrogens is 228 g/mol. The molecule has 0 unspecified atom stereocenters. The van der Waals surface area contributed by atoms with Gasteiger partial charge in [-0.1, -0.05) is 0 Å². The van der Waals surface area contributed by atoms with E-state index in [1.54, 1.807) is 0 Å². The number of guanidine groups is 1. The normalized spacial score (nSPS) is 24.3. The van der Waals surface area contributed by atoms with Gasteiger partial charge >= 0.3 is 0 Å². The molecule has 1 aliphatic carbocycles. The van der Waals surface area contributed by atoms with Crippen LogP contribution in [0.3, 0.4) is 0 Å². The Bertz CT molecular complexity index is 306. The second-order valence-corrected chi connectivity index (χ2v) is 5.75. The van der Waals surface area contributed by atoms with Crippen molar-refractivity contribution in [1.82, 2.24) is 9.80 Å². The van der Waals surface area contributed by atoms with Gasteiger partial charge in [0.1, 0.15) is 0 Å². The highest BCUT2D eigenvalue weighted by Gasteiger charge is 2.35. The molecule has 0 bridgehead atoms. The lowest BCUT2D eigenvalue weighted by Crippen LogP contribution is -2.51. The first-order valence-electron chi connectivity index (χ1n) is 6.83. The Morgan fingerprint density at radius 3 is 2.39 bits per heavy atom. The highest BCUT2D eigenvalue weighted by molar-refractivity contribution is 5.78. The van der Waals surface area contributed by atoms with E-state index < -0.39 is 0 Å². The maximum atomic E-state index is 6.06. The fourth-order valence-electron chi connectivity index (χ4n) is 2.49. The van der Waals surface area contributed by atoms with E-state index in [2.05, 4.69) is 28.9 Å². The van der Waals surface area contributed by atoms with E-state index >= 15 is 0 Å². The van der Waals surface area contributed by atoms with Crippen molar-refractivity contribution in [3.8, 4) is 0 Å². The topological polar surface area (TPSA) is 54.1 Å². The Hall–Kier alpha value is -0.810. The third kappa shape index (κ3) is 2.95. The summed E-state index contributed by atoms with van der Waals surface area (Å²) in [6.07, 6.45) is 4.56. The summed E-state index contributed by atoms with van der Waals surface area (Å²) in [6.45, 7) is 2.42. The highest BCUT2D eigenvalue weighted by Crippen LogP contribution is 2.27. The van der Waals surface area contributed by atoms with Gasteiger partial charge in [0.05, 0.1) is 6.54 Å². The number of nitrogens with two attached hydrogens (primary N) is 1. The van der Waals surface area contributed by atoms with Crippen LogP contribution in [0, 0.1) is 0 Å². The maximum Gasteiger partial charge on any atom is 0.191 e. The van der Waals surface area contributed by atoms with Gasteiger partial charge in [-0.3, -0.25) is 4.99 Å². The summed E-state index contributed by atoms with van der Waals surface area (Å²) < 4.78 is 5.46. The van der Waals surface area contributed by atoms with Crippen molar-refractivity contribution < 1.29 is 4.74 Å². The number of aliphatic imine (C=N–C) groups is 1. The van der Waals surface area contributed by atoms with Crippen molar-refractivity contribution in [3.05, 3.63) is 0 Å². The van der Waals surface area contributed by atoms with Crippen LogP contribution in [-0.2, 0) is 4.74 Å². The Morgan fingerprint density at radius 1 is 1.28 bits per heavy atom. The molecule has 5 heteroatoms. The molecule has 0 radical (unpaired) electrons. The van der Waals surface area contributed by atoms with Gasteiger partial charge in [-0.25, -0.2) is 0 Å². The Morgan fingerprint density at radius 2 is 1.89 bits per heavy atom. The summed E-state index contributed by atoms with van der Waals surface area (Å²) in [5, 5.41) is 0. The fraction of sp³-hybridized carbons (Fsp3) is 0.923. The van der Waals surface area contributed by atoms with Gasteiger partial charge in [-0.05, 0) is 39.8 Å². The quantitative estimate of drug-likeness (QED) is 0.586. The Labute approximate surface area is 110 Å². The van der Waals surface area contributed by atoms with Crippen LogP contribution in [-0.4, -0.2) is 68.2 Å². The van der Waals surface area contributed by atoms with Crippen molar-refractivity contribution in [3.63, 3.8) is 0 Å². The molecule has 1 saturated heterocycles. The van der Waals surface area contributed by atoms with Crippen LogP contribution in [0.25, 0.3) is 0 Å². The van der Waals surface area contributed by atoms with Crippen LogP contribution < -0.4 is 5.73 Å². The fourth-order valence-corrected chi connectivity index (χ4v) is 2.49. The van der Waals surface area contributed by atoms with Crippen LogP contribution in [0.2, 0.25) is 0 Å². The first kappa shape index (κ1) is 13.6. The molecule has 0 aromatic heterocycles. The molecule has 5 nitrogen and oxygen atoms in total. The van der Waals surface area contributed by atoms with Crippen LogP contribution in [0.5, 0.6) is 0 Å². The summed E-state index contributed by atoms with van der Waals surface area (Å²) in [6, 6.07) is 0.624. The molecular formula is C13H26N4O. The summed E-state index contributed by atoms with van der Waals surface area (Å²) in [4.78, 5) is 9.02. The Balaban J connectivity index is 1.97. The van der Waals surface area contributed by atoms with Gasteiger partial charge in [-0.2, -0.15) is 0 Å². The zero-order chi connectivity index (χ0) is 13.2. The minimum Gasteiger partial charge on any atom is -0.381 e. The van der Waals surface area contributed by atoms with Gasteiger partial charge in [0.25, 0.3) is 0 Å². The number of nitrogens with zero attached hydrogens (tertiary/aromatic N) is 3. The zero-order valence-electron chi connectivity index (χ0n) is 11.9. The Kier molecular flexibility index (Phi) is 4.12. The molecule has 0 atom stereocenters. The average molecular weight is 254 g/mol. The lowest BCUT2D eigenvalue weighted by molar-refractivity contribution is -0.00260. The predicted octanol–water partition coefficient (Wildman–Crippen LogP) is 0.506. The van der Waals surface area contributed by atoms with Crippen molar-refractivity contribution in [2.24, 2.45) is 10.7 Å². The number of rotatable bonds is 4. The molecule has 2 rings (SSSR count). The van der Waals surface area contributed by atoms with E-state index in [-0.39, 0.29) is 5.54 Å². The summed E-state index contributed by atoms with van der Waals surface area (Å²) in [5.74, 6) is 0.685. The standard InChI is InChI=1S/C13H26N4O/c1-16(2)13(6-8-18-9-7-13)10-15-12(14)17(3)11-4-5-11/h11H,4-10H2,1-3H3,(H2,14,15). The molecule has 104 valence electrons. The van der Waals surface area contributed by atoms with E-state index in [0.29, 0.717) is 12.0 Å². The lowest BCUT2D eigenvalue weighted by atomic mass is 9.89. The summed E-state index contributed by atoms with van der Waals surface area (Å²) in [5.41, 5.74) is 6.18.